The maximum atomic E-state index is 12.6. The summed E-state index contributed by atoms with van der Waals surface area (Å²) in [6, 6.07) is 1.49. The SMILES string of the molecule is N#Cc1cnc(Cl)c(C(N)=O)c1C(F)F. The van der Waals surface area contributed by atoms with E-state index in [2.05, 4.69) is 4.98 Å². The molecule has 0 aliphatic heterocycles. The van der Waals surface area contributed by atoms with Crippen LogP contribution in [0.25, 0.3) is 0 Å². The number of aromatic nitrogens is 1. The number of nitrogens with two attached hydrogens (primary N) is 1. The molecule has 78 valence electrons. The van der Waals surface area contributed by atoms with E-state index in [1.807, 2.05) is 0 Å². The highest BCUT2D eigenvalue weighted by atomic mass is 35.5. The fourth-order valence-electron chi connectivity index (χ4n) is 1.05. The van der Waals surface area contributed by atoms with Gasteiger partial charge in [-0.3, -0.25) is 4.79 Å². The molecule has 0 saturated heterocycles. The topological polar surface area (TPSA) is 79.8 Å². The van der Waals surface area contributed by atoms with Crippen molar-refractivity contribution >= 4 is 17.5 Å². The lowest BCUT2D eigenvalue weighted by Gasteiger charge is -2.08. The van der Waals surface area contributed by atoms with Gasteiger partial charge in [0.25, 0.3) is 12.3 Å². The number of primary amides is 1. The molecule has 1 amide bonds. The molecule has 0 aliphatic rings. The third kappa shape index (κ3) is 2.02. The Hall–Kier alpha value is -1.74. The molecule has 0 atom stereocenters. The third-order valence-electron chi connectivity index (χ3n) is 1.66. The number of amides is 1. The molecule has 0 unspecified atom stereocenters. The number of rotatable bonds is 2. The smallest absolute Gasteiger partial charge is 0.266 e. The van der Waals surface area contributed by atoms with Crippen molar-refractivity contribution in [3.05, 3.63) is 28.0 Å². The second kappa shape index (κ2) is 4.19. The van der Waals surface area contributed by atoms with Crippen molar-refractivity contribution in [2.75, 3.05) is 0 Å². The second-order valence-corrected chi connectivity index (χ2v) is 2.89. The number of hydrogen-bond acceptors (Lipinski definition) is 3. The van der Waals surface area contributed by atoms with E-state index in [4.69, 9.17) is 22.6 Å². The van der Waals surface area contributed by atoms with Gasteiger partial charge in [0.05, 0.1) is 16.7 Å². The minimum absolute atomic E-state index is 0.414. The van der Waals surface area contributed by atoms with E-state index < -0.39 is 34.2 Å². The lowest BCUT2D eigenvalue weighted by atomic mass is 10.1. The number of pyridine rings is 1. The van der Waals surface area contributed by atoms with Crippen molar-refractivity contribution < 1.29 is 13.6 Å². The largest absolute Gasteiger partial charge is 0.365 e. The van der Waals surface area contributed by atoms with Crippen LogP contribution in [0.5, 0.6) is 0 Å². The van der Waals surface area contributed by atoms with Crippen molar-refractivity contribution in [1.82, 2.24) is 4.98 Å². The Labute approximate surface area is 88.3 Å². The van der Waals surface area contributed by atoms with Gasteiger partial charge in [-0.25, -0.2) is 13.8 Å². The van der Waals surface area contributed by atoms with Crippen LogP contribution in [0.2, 0.25) is 5.15 Å². The molecule has 1 heterocycles. The molecule has 0 fully saturated rings. The van der Waals surface area contributed by atoms with Crippen LogP contribution >= 0.6 is 11.6 Å². The Morgan fingerprint density at radius 3 is 2.67 bits per heavy atom. The standard InChI is InChI=1S/C8H4ClF2N3O/c9-6-5(8(13)15)4(7(10)11)3(1-12)2-14-6/h2,7H,(H2,13,15). The first kappa shape index (κ1) is 11.3. The van der Waals surface area contributed by atoms with Crippen LogP contribution in [0.3, 0.4) is 0 Å². The molecule has 2 N–H and O–H groups in total. The number of carbonyl (C=O) groups is 1. The summed E-state index contributed by atoms with van der Waals surface area (Å²) in [7, 11) is 0. The Kier molecular flexibility index (Phi) is 3.17. The Morgan fingerprint density at radius 2 is 2.27 bits per heavy atom. The highest BCUT2D eigenvalue weighted by molar-refractivity contribution is 6.32. The number of hydrogen-bond donors (Lipinski definition) is 1. The van der Waals surface area contributed by atoms with Crippen LogP contribution < -0.4 is 5.73 Å². The molecule has 0 aliphatic carbocycles. The van der Waals surface area contributed by atoms with E-state index in [1.54, 1.807) is 0 Å². The fourth-order valence-corrected chi connectivity index (χ4v) is 1.29. The predicted octanol–water partition coefficient (Wildman–Crippen LogP) is 1.64. The van der Waals surface area contributed by atoms with Crippen molar-refractivity contribution in [3.63, 3.8) is 0 Å². The van der Waals surface area contributed by atoms with Crippen molar-refractivity contribution in [3.8, 4) is 6.07 Å². The summed E-state index contributed by atoms with van der Waals surface area (Å²) in [5, 5.41) is 8.11. The zero-order valence-corrected chi connectivity index (χ0v) is 7.92. The zero-order valence-electron chi connectivity index (χ0n) is 7.17. The van der Waals surface area contributed by atoms with Crippen molar-refractivity contribution in [1.29, 1.82) is 5.26 Å². The first-order valence-corrected chi connectivity index (χ1v) is 4.03. The van der Waals surface area contributed by atoms with Crippen LogP contribution in [0, 0.1) is 11.3 Å². The maximum absolute atomic E-state index is 12.6. The van der Waals surface area contributed by atoms with Gasteiger partial charge >= 0.3 is 0 Å². The number of carbonyl (C=O) groups excluding carboxylic acids is 1. The van der Waals surface area contributed by atoms with E-state index in [-0.39, 0.29) is 0 Å². The van der Waals surface area contributed by atoms with E-state index in [1.165, 1.54) is 6.07 Å². The molecule has 0 saturated carbocycles. The lowest BCUT2D eigenvalue weighted by Crippen LogP contribution is -2.16. The van der Waals surface area contributed by atoms with Gasteiger partial charge in [0, 0.05) is 6.20 Å². The van der Waals surface area contributed by atoms with Crippen LogP contribution in [0.4, 0.5) is 8.78 Å². The molecule has 0 radical (unpaired) electrons. The fraction of sp³-hybridized carbons (Fsp3) is 0.125. The summed E-state index contributed by atoms with van der Waals surface area (Å²) in [5.74, 6) is -1.14. The normalized spacial score (nSPS) is 10.1. The van der Waals surface area contributed by atoms with Gasteiger partial charge in [-0.05, 0) is 0 Å². The van der Waals surface area contributed by atoms with Gasteiger partial charge in [-0.2, -0.15) is 5.26 Å². The molecule has 15 heavy (non-hydrogen) atoms. The minimum Gasteiger partial charge on any atom is -0.365 e. The quantitative estimate of drug-likeness (QED) is 0.786. The molecular weight excluding hydrogens is 228 g/mol. The summed E-state index contributed by atoms with van der Waals surface area (Å²) in [6.07, 6.45) is -2.14. The van der Waals surface area contributed by atoms with Crippen LogP contribution in [0.15, 0.2) is 6.20 Å². The molecule has 4 nitrogen and oxygen atoms in total. The minimum atomic E-state index is -3.01. The molecular formula is C8H4ClF2N3O. The number of alkyl halides is 2. The summed E-state index contributed by atoms with van der Waals surface area (Å²) in [4.78, 5) is 14.3. The second-order valence-electron chi connectivity index (χ2n) is 2.53. The number of nitriles is 1. The Bertz CT molecular complexity index is 456. The van der Waals surface area contributed by atoms with E-state index >= 15 is 0 Å². The van der Waals surface area contributed by atoms with E-state index in [9.17, 15) is 13.6 Å². The van der Waals surface area contributed by atoms with E-state index in [0.717, 1.165) is 6.20 Å². The molecule has 1 aromatic heterocycles. The van der Waals surface area contributed by atoms with Gasteiger partial charge in [0.2, 0.25) is 0 Å². The van der Waals surface area contributed by atoms with E-state index in [0.29, 0.717) is 0 Å². The highest BCUT2D eigenvalue weighted by Crippen LogP contribution is 2.29. The Morgan fingerprint density at radius 1 is 1.67 bits per heavy atom. The van der Waals surface area contributed by atoms with Gasteiger partial charge < -0.3 is 5.73 Å². The van der Waals surface area contributed by atoms with Gasteiger partial charge in [0.15, 0.2) is 0 Å². The Balaban J connectivity index is 3.60. The third-order valence-corrected chi connectivity index (χ3v) is 1.94. The van der Waals surface area contributed by atoms with Crippen molar-refractivity contribution in [2.24, 2.45) is 5.73 Å². The van der Waals surface area contributed by atoms with Crippen molar-refractivity contribution in [2.45, 2.75) is 6.43 Å². The highest BCUT2D eigenvalue weighted by Gasteiger charge is 2.24. The summed E-state index contributed by atoms with van der Waals surface area (Å²) in [5.41, 5.74) is 3.08. The summed E-state index contributed by atoms with van der Waals surface area (Å²) in [6.45, 7) is 0. The van der Waals surface area contributed by atoms with Crippen LogP contribution in [0.1, 0.15) is 27.9 Å². The van der Waals surface area contributed by atoms with Gasteiger partial charge in [-0.1, -0.05) is 11.6 Å². The number of halogens is 3. The van der Waals surface area contributed by atoms with Crippen LogP contribution in [-0.4, -0.2) is 10.9 Å². The first-order chi connectivity index (χ1) is 6.99. The summed E-state index contributed by atoms with van der Waals surface area (Å²) >= 11 is 5.44. The number of nitrogens with zero attached hydrogens (tertiary/aromatic N) is 2. The lowest BCUT2D eigenvalue weighted by molar-refractivity contribution is 0.0985. The van der Waals surface area contributed by atoms with Gasteiger partial charge in [-0.15, -0.1) is 0 Å². The molecule has 0 spiro atoms. The first-order valence-electron chi connectivity index (χ1n) is 3.65. The monoisotopic (exact) mass is 231 g/mol. The van der Waals surface area contributed by atoms with Gasteiger partial charge in [0.1, 0.15) is 11.2 Å². The molecule has 1 aromatic rings. The predicted molar refractivity (Wildman–Crippen MR) is 47.4 cm³/mol. The molecule has 0 bridgehead atoms. The maximum Gasteiger partial charge on any atom is 0.266 e. The zero-order chi connectivity index (χ0) is 11.6. The molecule has 0 aromatic carbocycles. The molecule has 1 rings (SSSR count). The molecule has 7 heteroatoms. The average Bonchev–Trinajstić information content (AvgIpc) is 2.16. The van der Waals surface area contributed by atoms with Crippen LogP contribution in [-0.2, 0) is 0 Å². The average molecular weight is 232 g/mol. The summed E-state index contributed by atoms with van der Waals surface area (Å²) < 4.78 is 25.1.